The Morgan fingerprint density at radius 2 is 2.40 bits per heavy atom. The van der Waals surface area contributed by atoms with Gasteiger partial charge < -0.3 is 5.73 Å². The molecule has 0 amide bonds. The van der Waals surface area contributed by atoms with Crippen molar-refractivity contribution < 1.29 is 0 Å². The van der Waals surface area contributed by atoms with Gasteiger partial charge in [-0.1, -0.05) is 13.3 Å². The standard InChI is InChI=1S/C6H9BrN2S/c1-2-3-4-5(7)9-6(8)10-4/h2-3H2,1H3,(H2,8,9). The van der Waals surface area contributed by atoms with Gasteiger partial charge in [-0.05, 0) is 22.4 Å². The molecule has 10 heavy (non-hydrogen) atoms. The molecule has 0 bridgehead atoms. The predicted molar refractivity (Wildman–Crippen MR) is 48.2 cm³/mol. The lowest BCUT2D eigenvalue weighted by molar-refractivity contribution is 0.931. The van der Waals surface area contributed by atoms with Gasteiger partial charge in [0.25, 0.3) is 0 Å². The van der Waals surface area contributed by atoms with Gasteiger partial charge in [0.15, 0.2) is 5.13 Å². The molecule has 0 saturated heterocycles. The first-order valence-electron chi connectivity index (χ1n) is 3.14. The monoisotopic (exact) mass is 220 g/mol. The van der Waals surface area contributed by atoms with Crippen molar-refractivity contribution in [2.75, 3.05) is 5.73 Å². The highest BCUT2D eigenvalue weighted by Gasteiger charge is 2.03. The number of halogens is 1. The van der Waals surface area contributed by atoms with E-state index in [1.807, 2.05) is 0 Å². The molecule has 0 unspecified atom stereocenters. The van der Waals surface area contributed by atoms with Crippen LogP contribution in [0.2, 0.25) is 0 Å². The van der Waals surface area contributed by atoms with Crippen LogP contribution in [0.3, 0.4) is 0 Å². The second kappa shape index (κ2) is 3.34. The van der Waals surface area contributed by atoms with Crippen LogP contribution < -0.4 is 5.73 Å². The Labute approximate surface area is 72.6 Å². The number of nitrogens with two attached hydrogens (primary N) is 1. The topological polar surface area (TPSA) is 38.9 Å². The van der Waals surface area contributed by atoms with Gasteiger partial charge in [-0.2, -0.15) is 0 Å². The third-order valence-corrected chi connectivity index (χ3v) is 3.01. The summed E-state index contributed by atoms with van der Waals surface area (Å²) < 4.78 is 0.914. The lowest BCUT2D eigenvalue weighted by Gasteiger charge is -1.88. The third kappa shape index (κ3) is 1.70. The zero-order valence-electron chi connectivity index (χ0n) is 5.72. The SMILES string of the molecule is CCCc1sc(N)nc1Br. The van der Waals surface area contributed by atoms with Gasteiger partial charge in [-0.3, -0.25) is 0 Å². The molecular formula is C6H9BrN2S. The van der Waals surface area contributed by atoms with Gasteiger partial charge >= 0.3 is 0 Å². The number of rotatable bonds is 2. The Morgan fingerprint density at radius 3 is 2.80 bits per heavy atom. The molecule has 2 nitrogen and oxygen atoms in total. The van der Waals surface area contributed by atoms with E-state index < -0.39 is 0 Å². The molecule has 0 saturated carbocycles. The van der Waals surface area contributed by atoms with E-state index in [0.717, 1.165) is 17.4 Å². The largest absolute Gasteiger partial charge is 0.375 e. The molecule has 0 atom stereocenters. The first kappa shape index (κ1) is 8.01. The van der Waals surface area contributed by atoms with Crippen LogP contribution in [0.5, 0.6) is 0 Å². The first-order chi connectivity index (χ1) is 4.74. The highest BCUT2D eigenvalue weighted by Crippen LogP contribution is 2.25. The summed E-state index contributed by atoms with van der Waals surface area (Å²) >= 11 is 4.90. The minimum Gasteiger partial charge on any atom is -0.375 e. The normalized spacial score (nSPS) is 10.2. The summed E-state index contributed by atoms with van der Waals surface area (Å²) in [6.45, 7) is 2.14. The van der Waals surface area contributed by atoms with Gasteiger partial charge in [0.05, 0.1) is 0 Å². The van der Waals surface area contributed by atoms with Crippen molar-refractivity contribution in [3.8, 4) is 0 Å². The molecule has 1 aromatic rings. The molecule has 4 heteroatoms. The fourth-order valence-electron chi connectivity index (χ4n) is 0.731. The Balaban J connectivity index is 2.81. The first-order valence-corrected chi connectivity index (χ1v) is 4.75. The lowest BCUT2D eigenvalue weighted by atomic mass is 10.3. The van der Waals surface area contributed by atoms with Crippen molar-refractivity contribution in [2.24, 2.45) is 0 Å². The average molecular weight is 221 g/mol. The number of thiazole rings is 1. The van der Waals surface area contributed by atoms with Gasteiger partial charge in [0.2, 0.25) is 0 Å². The summed E-state index contributed by atoms with van der Waals surface area (Å²) in [6, 6.07) is 0. The summed E-state index contributed by atoms with van der Waals surface area (Å²) in [5.41, 5.74) is 5.49. The molecule has 0 aromatic carbocycles. The average Bonchev–Trinajstić information content (AvgIpc) is 2.13. The quantitative estimate of drug-likeness (QED) is 0.832. The van der Waals surface area contributed by atoms with Crippen LogP contribution >= 0.6 is 27.3 Å². The van der Waals surface area contributed by atoms with Gasteiger partial charge in [-0.25, -0.2) is 4.98 Å². The van der Waals surface area contributed by atoms with Crippen LogP contribution in [0.1, 0.15) is 18.2 Å². The van der Waals surface area contributed by atoms with Crippen molar-refractivity contribution in [3.63, 3.8) is 0 Å². The van der Waals surface area contributed by atoms with Crippen LogP contribution in [-0.2, 0) is 6.42 Å². The van der Waals surface area contributed by atoms with Crippen molar-refractivity contribution in [2.45, 2.75) is 19.8 Å². The fourth-order valence-corrected chi connectivity index (χ4v) is 2.31. The number of hydrogen-bond donors (Lipinski definition) is 1. The summed E-state index contributed by atoms with van der Waals surface area (Å²) in [5, 5.41) is 0.648. The van der Waals surface area contributed by atoms with E-state index in [4.69, 9.17) is 5.73 Å². The van der Waals surface area contributed by atoms with Crippen molar-refractivity contribution in [1.82, 2.24) is 4.98 Å². The molecule has 0 fully saturated rings. The maximum absolute atomic E-state index is 5.49. The molecule has 0 spiro atoms. The highest BCUT2D eigenvalue weighted by molar-refractivity contribution is 9.10. The number of anilines is 1. The Kier molecular flexibility index (Phi) is 2.68. The second-order valence-corrected chi connectivity index (χ2v) is 3.88. The molecule has 2 N–H and O–H groups in total. The van der Waals surface area contributed by atoms with Crippen LogP contribution in [0.15, 0.2) is 4.60 Å². The number of hydrogen-bond acceptors (Lipinski definition) is 3. The molecule has 0 aliphatic rings. The minimum atomic E-state index is 0.648. The van der Waals surface area contributed by atoms with Crippen molar-refractivity contribution in [3.05, 3.63) is 9.48 Å². The van der Waals surface area contributed by atoms with Crippen LogP contribution in [0.4, 0.5) is 5.13 Å². The van der Waals surface area contributed by atoms with E-state index in [9.17, 15) is 0 Å². The second-order valence-electron chi connectivity index (χ2n) is 2.02. The number of nitrogens with zero attached hydrogens (tertiary/aromatic N) is 1. The maximum atomic E-state index is 5.49. The predicted octanol–water partition coefficient (Wildman–Crippen LogP) is 2.44. The van der Waals surface area contributed by atoms with Crippen molar-refractivity contribution in [1.29, 1.82) is 0 Å². The third-order valence-electron chi connectivity index (χ3n) is 1.14. The van der Waals surface area contributed by atoms with E-state index in [1.54, 1.807) is 11.3 Å². The maximum Gasteiger partial charge on any atom is 0.181 e. The van der Waals surface area contributed by atoms with Crippen LogP contribution in [0, 0.1) is 0 Å². The zero-order valence-corrected chi connectivity index (χ0v) is 8.13. The fraction of sp³-hybridized carbons (Fsp3) is 0.500. The van der Waals surface area contributed by atoms with E-state index >= 15 is 0 Å². The molecule has 1 rings (SSSR count). The molecule has 0 aliphatic carbocycles. The molecule has 1 heterocycles. The number of aryl methyl sites for hydroxylation is 1. The van der Waals surface area contributed by atoms with E-state index in [-0.39, 0.29) is 0 Å². The smallest absolute Gasteiger partial charge is 0.181 e. The summed E-state index contributed by atoms with van der Waals surface area (Å²) in [4.78, 5) is 5.29. The molecule has 0 aliphatic heterocycles. The summed E-state index contributed by atoms with van der Waals surface area (Å²) in [5.74, 6) is 0. The summed E-state index contributed by atoms with van der Waals surface area (Å²) in [7, 11) is 0. The van der Waals surface area contributed by atoms with Gasteiger partial charge in [-0.15, -0.1) is 11.3 Å². The Morgan fingerprint density at radius 1 is 1.70 bits per heavy atom. The van der Waals surface area contributed by atoms with Crippen LogP contribution in [-0.4, -0.2) is 4.98 Å². The van der Waals surface area contributed by atoms with Gasteiger partial charge in [0, 0.05) is 4.88 Å². The van der Waals surface area contributed by atoms with Crippen LogP contribution in [0.25, 0.3) is 0 Å². The van der Waals surface area contributed by atoms with Gasteiger partial charge in [0.1, 0.15) is 4.60 Å². The van der Waals surface area contributed by atoms with Crippen molar-refractivity contribution >= 4 is 32.4 Å². The lowest BCUT2D eigenvalue weighted by Crippen LogP contribution is -1.79. The Hall–Kier alpha value is -0.0900. The van der Waals surface area contributed by atoms with E-state index in [2.05, 4.69) is 27.8 Å². The molecule has 0 radical (unpaired) electrons. The zero-order chi connectivity index (χ0) is 7.56. The minimum absolute atomic E-state index is 0.648. The highest BCUT2D eigenvalue weighted by atomic mass is 79.9. The summed E-state index contributed by atoms with van der Waals surface area (Å²) in [6.07, 6.45) is 2.20. The molecule has 56 valence electrons. The molecular weight excluding hydrogens is 212 g/mol. The van der Waals surface area contributed by atoms with E-state index in [1.165, 1.54) is 4.88 Å². The molecule has 1 aromatic heterocycles. The number of aromatic nitrogens is 1. The van der Waals surface area contributed by atoms with E-state index in [0.29, 0.717) is 5.13 Å². The number of nitrogen functional groups attached to an aromatic ring is 1. The Bertz CT molecular complexity index is 222.